The quantitative estimate of drug-likeness (QED) is 0.0438. The molecule has 0 saturated carbocycles. The molecule has 0 aliphatic rings. The lowest BCUT2D eigenvalue weighted by Gasteiger charge is -2.38. The molecular weight excluding hydrogens is 506 g/mol. The van der Waals surface area contributed by atoms with Gasteiger partial charge in [0.1, 0.15) is 0 Å². The zero-order valence-electron chi connectivity index (χ0n) is 25.8. The molecule has 0 rings (SSSR count). The second kappa shape index (κ2) is 27.3. The van der Waals surface area contributed by atoms with Crippen LogP contribution >= 0.6 is 0 Å². The van der Waals surface area contributed by atoms with Crippen LogP contribution in [0.15, 0.2) is 12.2 Å². The Morgan fingerprint density at radius 1 is 0.450 bits per heavy atom. The summed E-state index contributed by atoms with van der Waals surface area (Å²) in [7, 11) is 0. The van der Waals surface area contributed by atoms with Crippen molar-refractivity contribution in [1.82, 2.24) is 0 Å². The molecule has 40 heavy (non-hydrogen) atoms. The fraction of sp³-hybridized carbons (Fsp3) is 0.848. The van der Waals surface area contributed by atoms with E-state index in [1.807, 2.05) is 0 Å². The number of unbranched alkanes of at least 4 members (excludes halogenated alkanes) is 18. The van der Waals surface area contributed by atoms with Crippen LogP contribution in [0.4, 0.5) is 0 Å². The van der Waals surface area contributed by atoms with Crippen LogP contribution in [0.1, 0.15) is 155 Å². The first-order valence-corrected chi connectivity index (χ1v) is 16.5. The first-order chi connectivity index (χ1) is 19.3. The van der Waals surface area contributed by atoms with Crippen LogP contribution in [-0.2, 0) is 14.4 Å². The van der Waals surface area contributed by atoms with Crippen LogP contribution in [0.2, 0.25) is 0 Å². The maximum atomic E-state index is 11.1. The smallest absolute Gasteiger partial charge is 0.309 e. The zero-order chi connectivity index (χ0) is 29.7. The molecule has 0 bridgehead atoms. The molecule has 7 nitrogen and oxygen atoms in total. The number of carbonyl (C=O) groups is 3. The highest BCUT2D eigenvalue weighted by molar-refractivity contribution is 5.67. The van der Waals surface area contributed by atoms with Crippen LogP contribution in [0, 0.1) is 0 Å². The molecule has 0 aromatic carbocycles. The predicted molar refractivity (Wildman–Crippen MR) is 164 cm³/mol. The van der Waals surface area contributed by atoms with Crippen molar-refractivity contribution < 1.29 is 34.2 Å². The van der Waals surface area contributed by atoms with Gasteiger partial charge in [0.15, 0.2) is 0 Å². The number of carboxylic acids is 3. The molecule has 0 unspecified atom stereocenters. The molecule has 3 N–H and O–H groups in total. The Balaban J connectivity index is 3.80. The van der Waals surface area contributed by atoms with Crippen molar-refractivity contribution in [3.8, 4) is 0 Å². The first kappa shape index (κ1) is 38.1. The summed E-state index contributed by atoms with van der Waals surface area (Å²) in [5, 5.41) is 27.4. The molecule has 0 heterocycles. The number of nitrogens with zero attached hydrogens (tertiary/aromatic N) is 1. The summed E-state index contributed by atoms with van der Waals surface area (Å²) in [6, 6.07) is 0. The fourth-order valence-electron chi connectivity index (χ4n) is 5.41. The third kappa shape index (κ3) is 26.3. The summed E-state index contributed by atoms with van der Waals surface area (Å²) in [5.41, 5.74) is 0. The highest BCUT2D eigenvalue weighted by Gasteiger charge is 2.29. The number of aliphatic carboxylic acids is 3. The summed E-state index contributed by atoms with van der Waals surface area (Å²) in [6.45, 7) is 3.74. The Morgan fingerprint density at radius 3 is 1.07 bits per heavy atom. The lowest BCUT2D eigenvalue weighted by molar-refractivity contribution is -0.927. The summed E-state index contributed by atoms with van der Waals surface area (Å²) in [5.74, 6) is -2.79. The van der Waals surface area contributed by atoms with Crippen molar-refractivity contribution in [3.63, 3.8) is 0 Å². The van der Waals surface area contributed by atoms with Gasteiger partial charge in [-0.25, -0.2) is 0 Å². The van der Waals surface area contributed by atoms with Crippen molar-refractivity contribution in [2.24, 2.45) is 0 Å². The van der Waals surface area contributed by atoms with E-state index in [9.17, 15) is 14.4 Å². The molecule has 0 aromatic heterocycles. The van der Waals surface area contributed by atoms with E-state index in [1.165, 1.54) is 109 Å². The molecule has 0 radical (unpaired) electrons. The average molecular weight is 569 g/mol. The minimum Gasteiger partial charge on any atom is -0.481 e. The van der Waals surface area contributed by atoms with Gasteiger partial charge in [0.2, 0.25) is 0 Å². The van der Waals surface area contributed by atoms with E-state index in [2.05, 4.69) is 19.1 Å². The van der Waals surface area contributed by atoms with Gasteiger partial charge in [0.05, 0.1) is 45.4 Å². The molecule has 0 atom stereocenters. The Bertz CT molecular complexity index is 618. The number of quaternary nitrogens is 1. The van der Waals surface area contributed by atoms with Crippen LogP contribution in [0.5, 0.6) is 0 Å². The summed E-state index contributed by atoms with van der Waals surface area (Å²) >= 11 is 0. The number of rotatable bonds is 31. The van der Waals surface area contributed by atoms with Gasteiger partial charge in [0, 0.05) is 0 Å². The van der Waals surface area contributed by atoms with E-state index in [0.717, 1.165) is 19.3 Å². The number of carboxylic acid groups (broad SMARTS) is 3. The van der Waals surface area contributed by atoms with Gasteiger partial charge in [-0.15, -0.1) is 0 Å². The molecule has 0 spiro atoms. The van der Waals surface area contributed by atoms with Crippen LogP contribution in [-0.4, -0.2) is 63.9 Å². The third-order valence-electron chi connectivity index (χ3n) is 8.04. The van der Waals surface area contributed by atoms with Gasteiger partial charge in [-0.1, -0.05) is 115 Å². The molecule has 0 fully saturated rings. The predicted octanol–water partition coefficient (Wildman–Crippen LogP) is 8.61. The normalized spacial score (nSPS) is 11.8. The lowest BCUT2D eigenvalue weighted by Crippen LogP contribution is -2.52. The highest BCUT2D eigenvalue weighted by Crippen LogP contribution is 2.17. The van der Waals surface area contributed by atoms with Crippen molar-refractivity contribution >= 4 is 17.9 Å². The fourth-order valence-corrected chi connectivity index (χ4v) is 5.41. The van der Waals surface area contributed by atoms with Crippen LogP contribution < -0.4 is 0 Å². The van der Waals surface area contributed by atoms with E-state index in [-0.39, 0.29) is 43.4 Å². The minimum absolute atomic E-state index is 0.0729. The SMILES string of the molecule is CCCC/C=C/CCCCCCCCCCCCCCCCCC[N+](CCC(=O)O)(CCC(=O)O)CCC(=O)O. The van der Waals surface area contributed by atoms with Gasteiger partial charge in [-0.2, -0.15) is 0 Å². The molecule has 0 saturated heterocycles. The van der Waals surface area contributed by atoms with Crippen molar-refractivity contribution in [1.29, 1.82) is 0 Å². The van der Waals surface area contributed by atoms with E-state index in [1.54, 1.807) is 0 Å². The molecule has 0 aliphatic carbocycles. The Hall–Kier alpha value is -1.89. The molecule has 234 valence electrons. The number of hydrogen-bond donors (Lipinski definition) is 3. The molecule has 0 aromatic rings. The lowest BCUT2D eigenvalue weighted by atomic mass is 10.0. The topological polar surface area (TPSA) is 112 Å². The molecule has 0 amide bonds. The van der Waals surface area contributed by atoms with Crippen molar-refractivity contribution in [3.05, 3.63) is 12.2 Å². The van der Waals surface area contributed by atoms with Gasteiger partial charge in [-0.05, 0) is 32.1 Å². The molecular formula is C33H62NO6+. The molecule has 7 heteroatoms. The number of hydrogen-bond acceptors (Lipinski definition) is 3. The van der Waals surface area contributed by atoms with Gasteiger partial charge in [0.25, 0.3) is 0 Å². The second-order valence-corrected chi connectivity index (χ2v) is 11.7. The van der Waals surface area contributed by atoms with E-state index in [4.69, 9.17) is 15.3 Å². The minimum atomic E-state index is -0.930. The maximum Gasteiger partial charge on any atom is 0.309 e. The first-order valence-electron chi connectivity index (χ1n) is 16.5. The van der Waals surface area contributed by atoms with Gasteiger partial charge >= 0.3 is 17.9 Å². The standard InChI is InChI=1S/C33H61NO6/c1-2-3-4-5-6-7-8-9-10-11-12-13-14-15-16-17-18-19-20-21-22-23-27-34(28-24-31(35)36,29-25-32(37)38)30-26-33(39)40/h5-6H,2-4,7-30H2,1H3,(H2-,35,36,37,38,39,40)/p+1/b6-5+. The zero-order valence-corrected chi connectivity index (χ0v) is 25.8. The second-order valence-electron chi connectivity index (χ2n) is 11.7. The van der Waals surface area contributed by atoms with Gasteiger partial charge in [-0.3, -0.25) is 14.4 Å². The Morgan fingerprint density at radius 2 is 0.750 bits per heavy atom. The summed E-state index contributed by atoms with van der Waals surface area (Å²) < 4.78 is 0.266. The third-order valence-corrected chi connectivity index (χ3v) is 8.04. The highest BCUT2D eigenvalue weighted by atomic mass is 16.4. The maximum absolute atomic E-state index is 11.1. The summed E-state index contributed by atoms with van der Waals surface area (Å²) in [6.07, 6.45) is 29.9. The number of allylic oxidation sites excluding steroid dienone is 2. The summed E-state index contributed by atoms with van der Waals surface area (Å²) in [4.78, 5) is 33.4. The van der Waals surface area contributed by atoms with Crippen LogP contribution in [0.25, 0.3) is 0 Å². The monoisotopic (exact) mass is 568 g/mol. The Labute approximate surface area is 245 Å². The largest absolute Gasteiger partial charge is 0.481 e. The van der Waals surface area contributed by atoms with Crippen LogP contribution in [0.3, 0.4) is 0 Å². The van der Waals surface area contributed by atoms with E-state index >= 15 is 0 Å². The average Bonchev–Trinajstić information content (AvgIpc) is 2.92. The van der Waals surface area contributed by atoms with Crippen molar-refractivity contribution in [2.45, 2.75) is 155 Å². The Kier molecular flexibility index (Phi) is 26.0. The van der Waals surface area contributed by atoms with Gasteiger partial charge < -0.3 is 19.8 Å². The van der Waals surface area contributed by atoms with E-state index < -0.39 is 17.9 Å². The van der Waals surface area contributed by atoms with Crippen molar-refractivity contribution in [2.75, 3.05) is 26.2 Å². The molecule has 0 aliphatic heterocycles. The van der Waals surface area contributed by atoms with E-state index in [0.29, 0.717) is 6.54 Å².